The van der Waals surface area contributed by atoms with Crippen LogP contribution in [0.25, 0.3) is 0 Å². The Kier molecular flexibility index (Phi) is 4.94. The third-order valence-corrected chi connectivity index (χ3v) is 3.59. The second kappa shape index (κ2) is 6.89. The number of urea groups is 1. The van der Waals surface area contributed by atoms with Crippen molar-refractivity contribution in [3.05, 3.63) is 40.3 Å². The van der Waals surface area contributed by atoms with Gasteiger partial charge in [-0.15, -0.1) is 0 Å². The topological polar surface area (TPSA) is 96.2 Å². The Morgan fingerprint density at radius 2 is 2.33 bits per heavy atom. The summed E-state index contributed by atoms with van der Waals surface area (Å²) in [6.45, 7) is 0.446. The molecule has 2 aromatic heterocycles. The van der Waals surface area contributed by atoms with Crippen molar-refractivity contribution < 1.29 is 14.7 Å². The number of carbonyl (C=O) groups is 2. The first-order chi connectivity index (χ1) is 10.1. The third-order valence-electron chi connectivity index (χ3n) is 2.86. The lowest BCUT2D eigenvalue weighted by molar-refractivity contribution is -0.139. The number of amides is 2. The number of nitrogens with zero attached hydrogens (tertiary/aromatic N) is 2. The van der Waals surface area contributed by atoms with Gasteiger partial charge in [-0.2, -0.15) is 16.4 Å². The van der Waals surface area contributed by atoms with E-state index in [9.17, 15) is 14.7 Å². The van der Waals surface area contributed by atoms with Crippen molar-refractivity contribution in [3.8, 4) is 0 Å². The summed E-state index contributed by atoms with van der Waals surface area (Å²) in [5, 5.41) is 22.1. The van der Waals surface area contributed by atoms with E-state index in [2.05, 4.69) is 15.7 Å². The molecule has 0 radical (unpaired) electrons. The molecular weight excluding hydrogens is 292 g/mol. The Hall–Kier alpha value is -2.35. The maximum absolute atomic E-state index is 11.8. The maximum atomic E-state index is 11.8. The fourth-order valence-electron chi connectivity index (χ4n) is 1.81. The van der Waals surface area contributed by atoms with Gasteiger partial charge in [-0.1, -0.05) is 0 Å². The average molecular weight is 308 g/mol. The molecule has 3 N–H and O–H groups in total. The van der Waals surface area contributed by atoms with Crippen molar-refractivity contribution in [2.75, 3.05) is 6.54 Å². The Morgan fingerprint density at radius 1 is 1.52 bits per heavy atom. The molecule has 0 fully saturated rings. The lowest BCUT2D eigenvalue weighted by Gasteiger charge is -2.13. The van der Waals surface area contributed by atoms with E-state index >= 15 is 0 Å². The zero-order chi connectivity index (χ0) is 15.2. The minimum Gasteiger partial charge on any atom is -0.479 e. The van der Waals surface area contributed by atoms with E-state index in [1.165, 1.54) is 10.9 Å². The average Bonchev–Trinajstić information content (AvgIpc) is 3.07. The normalized spacial score (nSPS) is 11.9. The summed E-state index contributed by atoms with van der Waals surface area (Å²) < 4.78 is 1.49. The van der Waals surface area contributed by atoms with Crippen LogP contribution < -0.4 is 10.6 Å². The molecule has 1 unspecified atom stereocenters. The van der Waals surface area contributed by atoms with Crippen LogP contribution in [-0.2, 0) is 18.3 Å². The SMILES string of the molecule is Cn1cc(C(NC(=O)NCCc2ccsc2)C(=O)O)cn1. The molecule has 8 heteroatoms. The number of carbonyl (C=O) groups excluding carboxylic acids is 1. The van der Waals surface area contributed by atoms with Gasteiger partial charge in [0.05, 0.1) is 6.20 Å². The van der Waals surface area contributed by atoms with Gasteiger partial charge >= 0.3 is 12.0 Å². The molecule has 0 aromatic carbocycles. The molecule has 0 aliphatic carbocycles. The molecule has 1 atom stereocenters. The van der Waals surface area contributed by atoms with Gasteiger partial charge in [0.1, 0.15) is 0 Å². The standard InChI is InChI=1S/C13H16N4O3S/c1-17-7-10(6-15-17)11(12(18)19)16-13(20)14-4-2-9-3-5-21-8-9/h3,5-8,11H,2,4H2,1H3,(H,18,19)(H2,14,16,20). The second-order valence-corrected chi connectivity index (χ2v) is 5.28. The van der Waals surface area contributed by atoms with Crippen molar-refractivity contribution in [3.63, 3.8) is 0 Å². The van der Waals surface area contributed by atoms with Gasteiger partial charge in [0, 0.05) is 25.4 Å². The van der Waals surface area contributed by atoms with Crippen LogP contribution in [0.15, 0.2) is 29.2 Å². The molecule has 0 spiro atoms. The summed E-state index contributed by atoms with van der Waals surface area (Å²) in [5.74, 6) is -1.13. The quantitative estimate of drug-likeness (QED) is 0.746. The molecule has 0 bridgehead atoms. The van der Waals surface area contributed by atoms with Crippen LogP contribution in [-0.4, -0.2) is 33.4 Å². The van der Waals surface area contributed by atoms with Crippen molar-refractivity contribution >= 4 is 23.3 Å². The van der Waals surface area contributed by atoms with E-state index < -0.39 is 18.0 Å². The highest BCUT2D eigenvalue weighted by Crippen LogP contribution is 2.11. The number of carboxylic acid groups (broad SMARTS) is 1. The van der Waals surface area contributed by atoms with Crippen LogP contribution in [0.2, 0.25) is 0 Å². The summed E-state index contributed by atoms with van der Waals surface area (Å²) in [7, 11) is 1.68. The van der Waals surface area contributed by atoms with Crippen molar-refractivity contribution in [2.24, 2.45) is 7.05 Å². The molecule has 2 amide bonds. The summed E-state index contributed by atoms with van der Waals surface area (Å²) in [5.41, 5.74) is 1.57. The molecule has 112 valence electrons. The van der Waals surface area contributed by atoms with Crippen LogP contribution in [0.4, 0.5) is 4.79 Å². The van der Waals surface area contributed by atoms with Gasteiger partial charge in [0.15, 0.2) is 6.04 Å². The lowest BCUT2D eigenvalue weighted by Crippen LogP contribution is -2.41. The monoisotopic (exact) mass is 308 g/mol. The predicted molar refractivity (Wildman–Crippen MR) is 78.1 cm³/mol. The molecular formula is C13H16N4O3S. The first-order valence-electron chi connectivity index (χ1n) is 6.33. The Balaban J connectivity index is 1.85. The third kappa shape index (κ3) is 4.32. The maximum Gasteiger partial charge on any atom is 0.331 e. The molecule has 0 saturated carbocycles. The summed E-state index contributed by atoms with van der Waals surface area (Å²) in [4.78, 5) is 23.0. The van der Waals surface area contributed by atoms with Crippen LogP contribution in [0.5, 0.6) is 0 Å². The van der Waals surface area contributed by atoms with Gasteiger partial charge in [-0.05, 0) is 28.8 Å². The molecule has 2 heterocycles. The van der Waals surface area contributed by atoms with Crippen molar-refractivity contribution in [1.82, 2.24) is 20.4 Å². The number of hydrogen-bond acceptors (Lipinski definition) is 4. The van der Waals surface area contributed by atoms with E-state index in [4.69, 9.17) is 0 Å². The number of hydrogen-bond donors (Lipinski definition) is 3. The van der Waals surface area contributed by atoms with E-state index in [-0.39, 0.29) is 0 Å². The molecule has 0 aliphatic rings. The Morgan fingerprint density at radius 3 is 2.90 bits per heavy atom. The minimum atomic E-state index is -1.13. The van der Waals surface area contributed by atoms with E-state index in [0.29, 0.717) is 18.5 Å². The van der Waals surface area contributed by atoms with Gasteiger partial charge in [0.25, 0.3) is 0 Å². The highest BCUT2D eigenvalue weighted by atomic mass is 32.1. The van der Waals surface area contributed by atoms with E-state index in [1.807, 2.05) is 16.8 Å². The number of aryl methyl sites for hydroxylation is 1. The van der Waals surface area contributed by atoms with Crippen LogP contribution in [0.3, 0.4) is 0 Å². The van der Waals surface area contributed by atoms with E-state index in [1.54, 1.807) is 24.6 Å². The number of thiophene rings is 1. The highest BCUT2D eigenvalue weighted by molar-refractivity contribution is 7.07. The first-order valence-corrected chi connectivity index (χ1v) is 7.27. The number of aliphatic carboxylic acids is 1. The number of aromatic nitrogens is 2. The largest absolute Gasteiger partial charge is 0.479 e. The summed E-state index contributed by atoms with van der Waals surface area (Å²) in [6, 6.07) is 0.362. The lowest BCUT2D eigenvalue weighted by atomic mass is 10.1. The zero-order valence-corrected chi connectivity index (χ0v) is 12.3. The number of carboxylic acids is 1. The molecule has 0 aliphatic heterocycles. The molecule has 2 aromatic rings. The first kappa shape index (κ1) is 15.0. The van der Waals surface area contributed by atoms with Crippen LogP contribution in [0, 0.1) is 0 Å². The van der Waals surface area contributed by atoms with Crippen molar-refractivity contribution in [2.45, 2.75) is 12.5 Å². The van der Waals surface area contributed by atoms with Gasteiger partial charge in [-0.25, -0.2) is 9.59 Å². The van der Waals surface area contributed by atoms with Gasteiger partial charge < -0.3 is 15.7 Å². The van der Waals surface area contributed by atoms with Crippen LogP contribution in [0.1, 0.15) is 17.2 Å². The fourth-order valence-corrected chi connectivity index (χ4v) is 2.52. The smallest absolute Gasteiger partial charge is 0.331 e. The Labute approximate surface area is 125 Å². The van der Waals surface area contributed by atoms with Gasteiger partial charge in [-0.3, -0.25) is 4.68 Å². The molecule has 7 nitrogen and oxygen atoms in total. The molecule has 0 saturated heterocycles. The van der Waals surface area contributed by atoms with Crippen molar-refractivity contribution in [1.29, 1.82) is 0 Å². The highest BCUT2D eigenvalue weighted by Gasteiger charge is 2.23. The molecule has 21 heavy (non-hydrogen) atoms. The zero-order valence-electron chi connectivity index (χ0n) is 11.4. The number of nitrogens with one attached hydrogen (secondary N) is 2. The Bertz CT molecular complexity index is 609. The summed E-state index contributed by atoms with van der Waals surface area (Å²) in [6.07, 6.45) is 3.69. The molecule has 2 rings (SSSR count). The van der Waals surface area contributed by atoms with Gasteiger partial charge in [0.2, 0.25) is 0 Å². The van der Waals surface area contributed by atoms with Crippen LogP contribution >= 0.6 is 11.3 Å². The predicted octanol–water partition coefficient (Wildman–Crippen LogP) is 1.15. The minimum absolute atomic E-state index is 0.429. The summed E-state index contributed by atoms with van der Waals surface area (Å²) >= 11 is 1.60. The fraction of sp³-hybridized carbons (Fsp3) is 0.308. The van der Waals surface area contributed by atoms with E-state index in [0.717, 1.165) is 5.56 Å². The second-order valence-electron chi connectivity index (χ2n) is 4.50. The number of rotatable bonds is 6.